The molecule has 6 heteroatoms. The Labute approximate surface area is 112 Å². The molecule has 0 saturated carbocycles. The van der Waals surface area contributed by atoms with Crippen molar-refractivity contribution in [2.24, 2.45) is 5.73 Å². The van der Waals surface area contributed by atoms with Gasteiger partial charge in [-0.1, -0.05) is 0 Å². The highest BCUT2D eigenvalue weighted by molar-refractivity contribution is 5.54. The predicted molar refractivity (Wildman–Crippen MR) is 71.8 cm³/mol. The van der Waals surface area contributed by atoms with Crippen LogP contribution in [0.4, 0.5) is 0 Å². The lowest BCUT2D eigenvalue weighted by Crippen LogP contribution is -2.38. The highest BCUT2D eigenvalue weighted by atomic mass is 16.5. The average Bonchev–Trinajstić information content (AvgIpc) is 2.48. The van der Waals surface area contributed by atoms with E-state index in [4.69, 9.17) is 15.2 Å². The minimum Gasteiger partial charge on any atom is -0.504 e. The van der Waals surface area contributed by atoms with E-state index >= 15 is 0 Å². The number of aromatic nitrogens is 1. The summed E-state index contributed by atoms with van der Waals surface area (Å²) in [6, 6.07) is 3.43. The van der Waals surface area contributed by atoms with E-state index in [1.54, 1.807) is 18.3 Å². The summed E-state index contributed by atoms with van der Waals surface area (Å²) in [6.07, 6.45) is 2.69. The number of aliphatic hydroxyl groups excluding tert-OH is 1. The number of hydrogen-bond donors (Lipinski definition) is 2. The Balaban J connectivity index is 1.76. The largest absolute Gasteiger partial charge is 0.504 e. The van der Waals surface area contributed by atoms with E-state index in [1.165, 1.54) is 0 Å². The first kappa shape index (κ1) is 13.6. The number of rotatable bonds is 5. The van der Waals surface area contributed by atoms with Crippen LogP contribution in [-0.4, -0.2) is 54.4 Å². The monoisotopic (exact) mass is 265 g/mol. The molecule has 0 bridgehead atoms. The Morgan fingerprint density at radius 2 is 2.26 bits per heavy atom. The Morgan fingerprint density at radius 3 is 2.89 bits per heavy atom. The molecule has 3 N–H and O–H groups in total. The van der Waals surface area contributed by atoms with Gasteiger partial charge < -0.3 is 20.3 Å². The maximum atomic E-state index is 9.38. The zero-order chi connectivity index (χ0) is 13.5. The fraction of sp³-hybridized carbons (Fsp3) is 0.462. The van der Waals surface area contributed by atoms with Crippen LogP contribution in [0, 0.1) is 0 Å². The molecule has 104 valence electrons. The molecule has 1 fully saturated rings. The Hall–Kier alpha value is -1.79. The lowest BCUT2D eigenvalue weighted by Gasteiger charge is -2.26. The molecule has 1 aliphatic rings. The fourth-order valence-electron chi connectivity index (χ4n) is 1.82. The number of aliphatic hydroxyl groups is 1. The van der Waals surface area contributed by atoms with Crippen LogP contribution in [0.25, 0.3) is 5.76 Å². The lowest BCUT2D eigenvalue weighted by molar-refractivity contribution is 0.0322. The minimum absolute atomic E-state index is 0.0418. The summed E-state index contributed by atoms with van der Waals surface area (Å²) in [6.45, 7) is 4.98. The molecule has 0 atom stereocenters. The van der Waals surface area contributed by atoms with Crippen LogP contribution < -0.4 is 10.5 Å². The molecule has 6 nitrogen and oxygen atoms in total. The van der Waals surface area contributed by atoms with Gasteiger partial charge in [0, 0.05) is 25.8 Å². The summed E-state index contributed by atoms with van der Waals surface area (Å²) >= 11 is 0. The van der Waals surface area contributed by atoms with Gasteiger partial charge in [0.1, 0.15) is 18.1 Å². The van der Waals surface area contributed by atoms with Crippen molar-refractivity contribution < 1.29 is 14.6 Å². The molecule has 1 aromatic rings. The molecular formula is C13H19N3O3. The maximum Gasteiger partial charge on any atom is 0.156 e. The second-order valence-electron chi connectivity index (χ2n) is 4.23. The van der Waals surface area contributed by atoms with Crippen molar-refractivity contribution in [3.05, 3.63) is 30.2 Å². The number of nitrogens with two attached hydrogens (primary N) is 1. The fourth-order valence-corrected chi connectivity index (χ4v) is 1.82. The second-order valence-corrected chi connectivity index (χ2v) is 4.23. The van der Waals surface area contributed by atoms with Crippen molar-refractivity contribution in [2.45, 2.75) is 0 Å². The van der Waals surface area contributed by atoms with E-state index in [0.717, 1.165) is 39.0 Å². The first-order valence-electron chi connectivity index (χ1n) is 6.30. The third-order valence-corrected chi connectivity index (χ3v) is 2.94. The summed E-state index contributed by atoms with van der Waals surface area (Å²) in [5.74, 6) is 0.640. The van der Waals surface area contributed by atoms with Crippen LogP contribution in [-0.2, 0) is 4.74 Å². The normalized spacial score (nSPS) is 17.4. The van der Waals surface area contributed by atoms with Gasteiger partial charge in [0.15, 0.2) is 5.76 Å². The van der Waals surface area contributed by atoms with Crippen LogP contribution in [0.5, 0.6) is 5.75 Å². The van der Waals surface area contributed by atoms with Crippen LogP contribution in [0.15, 0.2) is 24.5 Å². The summed E-state index contributed by atoms with van der Waals surface area (Å²) in [7, 11) is 0. The minimum atomic E-state index is -0.0418. The van der Waals surface area contributed by atoms with Crippen LogP contribution >= 0.6 is 0 Å². The molecule has 0 radical (unpaired) electrons. The van der Waals surface area contributed by atoms with E-state index in [1.807, 2.05) is 0 Å². The quantitative estimate of drug-likeness (QED) is 0.759. The van der Waals surface area contributed by atoms with Crippen molar-refractivity contribution in [2.75, 3.05) is 39.5 Å². The van der Waals surface area contributed by atoms with Crippen LogP contribution in [0.2, 0.25) is 0 Å². The van der Waals surface area contributed by atoms with Crippen molar-refractivity contribution in [3.8, 4) is 5.75 Å². The maximum absolute atomic E-state index is 9.38. The first-order chi connectivity index (χ1) is 9.29. The van der Waals surface area contributed by atoms with Gasteiger partial charge in [-0.25, -0.2) is 4.98 Å². The zero-order valence-corrected chi connectivity index (χ0v) is 10.8. The van der Waals surface area contributed by atoms with Gasteiger partial charge in [-0.3, -0.25) is 4.90 Å². The topological polar surface area (TPSA) is 80.8 Å². The third-order valence-electron chi connectivity index (χ3n) is 2.94. The van der Waals surface area contributed by atoms with Gasteiger partial charge >= 0.3 is 0 Å². The molecule has 1 aromatic heterocycles. The summed E-state index contributed by atoms with van der Waals surface area (Å²) in [5.41, 5.74) is 5.64. The van der Waals surface area contributed by atoms with E-state index in [9.17, 15) is 5.11 Å². The highest BCUT2D eigenvalue weighted by Crippen LogP contribution is 2.13. The van der Waals surface area contributed by atoms with E-state index in [0.29, 0.717) is 18.1 Å². The van der Waals surface area contributed by atoms with Crippen LogP contribution in [0.3, 0.4) is 0 Å². The number of morpholine rings is 1. The van der Waals surface area contributed by atoms with E-state index < -0.39 is 0 Å². The molecule has 2 rings (SSSR count). The number of ether oxygens (including phenoxy) is 2. The van der Waals surface area contributed by atoms with Gasteiger partial charge in [0.25, 0.3) is 0 Å². The first-order valence-corrected chi connectivity index (χ1v) is 6.30. The molecule has 2 heterocycles. The SMILES string of the molecule is NC=C(O)c1ccc(OCCN2CCOCC2)cn1. The Kier molecular flexibility index (Phi) is 5.00. The van der Waals surface area contributed by atoms with Crippen LogP contribution in [0.1, 0.15) is 5.69 Å². The Bertz CT molecular complexity index is 414. The van der Waals surface area contributed by atoms with Crippen molar-refractivity contribution in [3.63, 3.8) is 0 Å². The van der Waals surface area contributed by atoms with Gasteiger partial charge in [0.2, 0.25) is 0 Å². The summed E-state index contributed by atoms with van der Waals surface area (Å²) in [5, 5.41) is 9.38. The van der Waals surface area contributed by atoms with Gasteiger partial charge in [-0.15, -0.1) is 0 Å². The van der Waals surface area contributed by atoms with Crippen molar-refractivity contribution >= 4 is 5.76 Å². The standard InChI is InChI=1S/C13H19N3O3/c14-9-13(17)12-2-1-11(10-15-12)19-8-5-16-3-6-18-7-4-16/h1-2,9-10,17H,3-8,14H2. The molecule has 1 aliphatic heterocycles. The lowest BCUT2D eigenvalue weighted by atomic mass is 10.3. The predicted octanol–water partition coefficient (Wildman–Crippen LogP) is 0.608. The van der Waals surface area contributed by atoms with E-state index in [2.05, 4.69) is 9.88 Å². The number of pyridine rings is 1. The van der Waals surface area contributed by atoms with Crippen molar-refractivity contribution in [1.29, 1.82) is 0 Å². The van der Waals surface area contributed by atoms with Gasteiger partial charge in [-0.05, 0) is 12.1 Å². The summed E-state index contributed by atoms with van der Waals surface area (Å²) < 4.78 is 10.9. The third kappa shape index (κ3) is 4.11. The zero-order valence-electron chi connectivity index (χ0n) is 10.8. The molecule has 1 saturated heterocycles. The Morgan fingerprint density at radius 1 is 1.47 bits per heavy atom. The second kappa shape index (κ2) is 6.96. The molecule has 0 aliphatic carbocycles. The average molecular weight is 265 g/mol. The molecule has 0 unspecified atom stereocenters. The van der Waals surface area contributed by atoms with Gasteiger partial charge in [-0.2, -0.15) is 0 Å². The molecule has 0 amide bonds. The number of nitrogens with zero attached hydrogens (tertiary/aromatic N) is 2. The van der Waals surface area contributed by atoms with Gasteiger partial charge in [0.05, 0.1) is 19.4 Å². The molecular weight excluding hydrogens is 246 g/mol. The number of hydrogen-bond acceptors (Lipinski definition) is 6. The highest BCUT2D eigenvalue weighted by Gasteiger charge is 2.09. The smallest absolute Gasteiger partial charge is 0.156 e. The van der Waals surface area contributed by atoms with Crippen molar-refractivity contribution in [1.82, 2.24) is 9.88 Å². The molecule has 0 spiro atoms. The molecule has 0 aromatic carbocycles. The molecule has 19 heavy (non-hydrogen) atoms. The summed E-state index contributed by atoms with van der Waals surface area (Å²) in [4.78, 5) is 6.36. The van der Waals surface area contributed by atoms with E-state index in [-0.39, 0.29) is 5.76 Å².